The quantitative estimate of drug-likeness (QED) is 0.863. The number of fused-ring (bicyclic) bond motifs is 1. The van der Waals surface area contributed by atoms with Gasteiger partial charge in [-0.3, -0.25) is 0 Å². The lowest BCUT2D eigenvalue weighted by Gasteiger charge is -2.39. The highest BCUT2D eigenvalue weighted by Gasteiger charge is 2.28. The number of piperidine rings is 1. The number of likely N-dealkylation sites (tertiary alicyclic amines) is 1. The van der Waals surface area contributed by atoms with Crippen LogP contribution in [0.3, 0.4) is 0 Å². The molecule has 20 heavy (non-hydrogen) atoms. The molecule has 3 rings (SSSR count). The van der Waals surface area contributed by atoms with Crippen LogP contribution in [0.2, 0.25) is 5.15 Å². The van der Waals surface area contributed by atoms with Gasteiger partial charge in [-0.1, -0.05) is 11.6 Å². The molecule has 106 valence electrons. The first-order valence-corrected chi connectivity index (χ1v) is 7.31. The monoisotopic (exact) mass is 290 g/mol. The van der Waals surface area contributed by atoms with Gasteiger partial charge in [-0.2, -0.15) is 0 Å². The topological polar surface area (TPSA) is 41.0 Å². The molecule has 0 unspecified atom stereocenters. The second-order valence-corrected chi connectivity index (χ2v) is 6.27. The Morgan fingerprint density at radius 2 is 2.05 bits per heavy atom. The first kappa shape index (κ1) is 13.6. The molecular formula is C15H19ClN4. The third-order valence-corrected chi connectivity index (χ3v) is 4.27. The molecule has 0 atom stereocenters. The zero-order valence-electron chi connectivity index (χ0n) is 11.9. The molecule has 4 nitrogen and oxygen atoms in total. The normalized spacial score (nSPS) is 19.1. The van der Waals surface area contributed by atoms with Crippen LogP contribution in [-0.2, 0) is 0 Å². The predicted octanol–water partition coefficient (Wildman–Crippen LogP) is 3.18. The second-order valence-electron chi connectivity index (χ2n) is 5.89. The van der Waals surface area contributed by atoms with E-state index in [1.807, 2.05) is 12.1 Å². The Kier molecular flexibility index (Phi) is 3.52. The average Bonchev–Trinajstić information content (AvgIpc) is 2.42. The highest BCUT2D eigenvalue weighted by Crippen LogP contribution is 2.26. The van der Waals surface area contributed by atoms with Gasteiger partial charge >= 0.3 is 0 Å². The molecule has 2 aromatic rings. The van der Waals surface area contributed by atoms with Crippen molar-refractivity contribution in [2.45, 2.75) is 25.3 Å². The summed E-state index contributed by atoms with van der Waals surface area (Å²) in [6.45, 7) is 4.51. The molecule has 1 aliphatic heterocycles. The fourth-order valence-electron chi connectivity index (χ4n) is 2.61. The fraction of sp³-hybridized carbons (Fsp3) is 0.467. The summed E-state index contributed by atoms with van der Waals surface area (Å²) in [6.07, 6.45) is 4.01. The lowest BCUT2D eigenvalue weighted by atomic mass is 9.90. The van der Waals surface area contributed by atoms with Gasteiger partial charge in [0.25, 0.3) is 0 Å². The van der Waals surface area contributed by atoms with Crippen molar-refractivity contribution in [3.05, 3.63) is 29.5 Å². The Bertz CT molecular complexity index is 620. The summed E-state index contributed by atoms with van der Waals surface area (Å²) in [6, 6.07) is 5.85. The molecule has 3 heterocycles. The second kappa shape index (κ2) is 5.19. The zero-order chi connectivity index (χ0) is 14.2. The highest BCUT2D eigenvalue weighted by molar-refractivity contribution is 6.29. The van der Waals surface area contributed by atoms with Gasteiger partial charge in [-0.25, -0.2) is 9.97 Å². The van der Waals surface area contributed by atoms with Crippen molar-refractivity contribution in [1.29, 1.82) is 0 Å². The van der Waals surface area contributed by atoms with Crippen LogP contribution in [0.1, 0.15) is 19.8 Å². The first-order chi connectivity index (χ1) is 9.54. The molecule has 1 saturated heterocycles. The van der Waals surface area contributed by atoms with E-state index in [9.17, 15) is 0 Å². The largest absolute Gasteiger partial charge is 0.365 e. The average molecular weight is 291 g/mol. The summed E-state index contributed by atoms with van der Waals surface area (Å²) in [7, 11) is 2.17. The molecule has 0 spiro atoms. The molecule has 0 amide bonds. The lowest BCUT2D eigenvalue weighted by molar-refractivity contribution is 0.216. The van der Waals surface area contributed by atoms with E-state index in [0.717, 1.165) is 42.7 Å². The minimum Gasteiger partial charge on any atom is -0.365 e. The molecule has 5 heteroatoms. The predicted molar refractivity (Wildman–Crippen MR) is 83.3 cm³/mol. The lowest BCUT2D eigenvalue weighted by Crippen LogP contribution is -2.46. The molecule has 1 fully saturated rings. The van der Waals surface area contributed by atoms with Crippen molar-refractivity contribution >= 4 is 28.3 Å². The molecular weight excluding hydrogens is 272 g/mol. The molecule has 0 saturated carbocycles. The third-order valence-electron chi connectivity index (χ3n) is 4.06. The fourth-order valence-corrected chi connectivity index (χ4v) is 2.76. The van der Waals surface area contributed by atoms with Gasteiger partial charge in [0.1, 0.15) is 11.0 Å². The molecule has 2 aromatic heterocycles. The van der Waals surface area contributed by atoms with Crippen LogP contribution in [0, 0.1) is 0 Å². The summed E-state index contributed by atoms with van der Waals surface area (Å²) in [5, 5.41) is 5.08. The van der Waals surface area contributed by atoms with E-state index >= 15 is 0 Å². The summed E-state index contributed by atoms with van der Waals surface area (Å²) in [4.78, 5) is 11.1. The van der Waals surface area contributed by atoms with E-state index in [4.69, 9.17) is 11.6 Å². The number of halogens is 1. The van der Waals surface area contributed by atoms with Gasteiger partial charge in [-0.05, 0) is 38.9 Å². The Balaban J connectivity index is 1.83. The van der Waals surface area contributed by atoms with Crippen molar-refractivity contribution in [2.24, 2.45) is 0 Å². The molecule has 1 N–H and O–H groups in total. The SMILES string of the molecule is CN1CCC(C)(Nc2ccc3cnc(Cl)cc3n2)CC1. The number of pyridine rings is 2. The number of hydrogen-bond acceptors (Lipinski definition) is 4. The maximum absolute atomic E-state index is 5.93. The number of rotatable bonds is 2. The van der Waals surface area contributed by atoms with Gasteiger partial charge in [0.15, 0.2) is 0 Å². The van der Waals surface area contributed by atoms with Crippen LogP contribution in [-0.4, -0.2) is 40.5 Å². The Morgan fingerprint density at radius 1 is 1.30 bits per heavy atom. The number of hydrogen-bond donors (Lipinski definition) is 1. The minimum atomic E-state index is 0.115. The van der Waals surface area contributed by atoms with Crippen LogP contribution < -0.4 is 5.32 Å². The number of anilines is 1. The Morgan fingerprint density at radius 3 is 2.80 bits per heavy atom. The zero-order valence-corrected chi connectivity index (χ0v) is 12.6. The number of nitrogens with one attached hydrogen (secondary N) is 1. The van der Waals surface area contributed by atoms with Crippen LogP contribution >= 0.6 is 11.6 Å². The van der Waals surface area contributed by atoms with E-state index in [1.54, 1.807) is 12.3 Å². The smallest absolute Gasteiger partial charge is 0.131 e. The van der Waals surface area contributed by atoms with E-state index in [0.29, 0.717) is 5.15 Å². The van der Waals surface area contributed by atoms with Crippen LogP contribution in [0.25, 0.3) is 10.9 Å². The number of nitrogens with zero attached hydrogens (tertiary/aromatic N) is 3. The van der Waals surface area contributed by atoms with Gasteiger partial charge in [-0.15, -0.1) is 0 Å². The highest BCUT2D eigenvalue weighted by atomic mass is 35.5. The van der Waals surface area contributed by atoms with Gasteiger partial charge in [0.2, 0.25) is 0 Å². The molecule has 0 radical (unpaired) electrons. The van der Waals surface area contributed by atoms with Crippen molar-refractivity contribution in [3.63, 3.8) is 0 Å². The first-order valence-electron chi connectivity index (χ1n) is 6.93. The Labute approximate surface area is 124 Å². The van der Waals surface area contributed by atoms with E-state index in [1.165, 1.54) is 0 Å². The standard InChI is InChI=1S/C15H19ClN4/c1-15(5-7-20(2)8-6-15)19-14-4-3-11-10-17-13(16)9-12(11)18-14/h3-4,9-10H,5-8H2,1-2H3,(H,18,19). The van der Waals surface area contributed by atoms with Crippen LogP contribution in [0.4, 0.5) is 5.82 Å². The van der Waals surface area contributed by atoms with E-state index in [-0.39, 0.29) is 5.54 Å². The van der Waals surface area contributed by atoms with E-state index in [2.05, 4.69) is 34.2 Å². The van der Waals surface area contributed by atoms with Crippen molar-refractivity contribution in [2.75, 3.05) is 25.5 Å². The maximum Gasteiger partial charge on any atom is 0.131 e. The molecule has 0 aromatic carbocycles. The maximum atomic E-state index is 5.93. The van der Waals surface area contributed by atoms with Crippen LogP contribution in [0.15, 0.2) is 24.4 Å². The van der Waals surface area contributed by atoms with Crippen molar-refractivity contribution < 1.29 is 0 Å². The minimum absolute atomic E-state index is 0.115. The third kappa shape index (κ3) is 2.86. The summed E-state index contributed by atoms with van der Waals surface area (Å²) >= 11 is 5.93. The molecule has 1 aliphatic rings. The Hall–Kier alpha value is -1.39. The molecule has 0 aliphatic carbocycles. The van der Waals surface area contributed by atoms with Gasteiger partial charge in [0.05, 0.1) is 5.52 Å². The van der Waals surface area contributed by atoms with Crippen molar-refractivity contribution in [1.82, 2.24) is 14.9 Å². The van der Waals surface area contributed by atoms with Gasteiger partial charge in [0, 0.05) is 36.3 Å². The number of aromatic nitrogens is 2. The van der Waals surface area contributed by atoms with Crippen molar-refractivity contribution in [3.8, 4) is 0 Å². The van der Waals surface area contributed by atoms with Gasteiger partial charge < -0.3 is 10.2 Å². The molecule has 0 bridgehead atoms. The summed E-state index contributed by atoms with van der Waals surface area (Å²) in [5.74, 6) is 0.909. The summed E-state index contributed by atoms with van der Waals surface area (Å²) in [5.41, 5.74) is 0.996. The summed E-state index contributed by atoms with van der Waals surface area (Å²) < 4.78 is 0. The van der Waals surface area contributed by atoms with Crippen LogP contribution in [0.5, 0.6) is 0 Å². The van der Waals surface area contributed by atoms with E-state index < -0.39 is 0 Å².